The molecule has 5 nitrogen and oxygen atoms in total. The maximum absolute atomic E-state index is 13.3. The normalized spacial score (nSPS) is 16.1. The molecule has 0 bridgehead atoms. The number of amides is 1. The lowest BCUT2D eigenvalue weighted by molar-refractivity contribution is -0.138. The van der Waals surface area contributed by atoms with Crippen molar-refractivity contribution in [2.24, 2.45) is 0 Å². The fraction of sp³-hybridized carbons (Fsp3) is 0.476. The fourth-order valence-corrected chi connectivity index (χ4v) is 3.68. The van der Waals surface area contributed by atoms with Gasteiger partial charge in [0.2, 0.25) is 5.91 Å². The average Bonchev–Trinajstić information content (AvgIpc) is 3.33. The Morgan fingerprint density at radius 1 is 1.27 bits per heavy atom. The second-order valence-electron chi connectivity index (χ2n) is 8.06. The molecule has 3 rings (SSSR count). The minimum atomic E-state index is -4.43. The van der Waals surface area contributed by atoms with Crippen LogP contribution in [0, 0.1) is 13.8 Å². The number of carbonyl (C=O) groups is 1. The number of rotatable bonds is 6. The van der Waals surface area contributed by atoms with Crippen LogP contribution in [0.5, 0.6) is 0 Å². The molecule has 2 N–H and O–H groups in total. The predicted molar refractivity (Wildman–Crippen MR) is 109 cm³/mol. The van der Waals surface area contributed by atoms with Crippen LogP contribution in [0.3, 0.4) is 0 Å². The first-order chi connectivity index (χ1) is 13.9. The molecule has 0 radical (unpaired) electrons. The van der Waals surface area contributed by atoms with Crippen molar-refractivity contribution in [3.63, 3.8) is 0 Å². The van der Waals surface area contributed by atoms with Crippen LogP contribution < -0.4 is 10.6 Å². The Morgan fingerprint density at radius 3 is 2.53 bits per heavy atom. The Labute approximate surface area is 178 Å². The SMILES string of the molecule is Cc1nc(Cl)c(CC(=O)NC2(C)CC2)c(NC(C)c2cccc(C(F)(F)F)c2C)n1. The number of nitrogens with zero attached hydrogens (tertiary/aromatic N) is 2. The summed E-state index contributed by atoms with van der Waals surface area (Å²) in [4.78, 5) is 20.9. The van der Waals surface area contributed by atoms with E-state index in [4.69, 9.17) is 11.6 Å². The fourth-order valence-electron chi connectivity index (χ4n) is 3.40. The van der Waals surface area contributed by atoms with Crippen LogP contribution in [0.1, 0.15) is 60.8 Å². The highest BCUT2D eigenvalue weighted by Gasteiger charge is 2.39. The van der Waals surface area contributed by atoms with Gasteiger partial charge in [0.25, 0.3) is 0 Å². The van der Waals surface area contributed by atoms with Gasteiger partial charge in [-0.3, -0.25) is 4.79 Å². The molecular formula is C21H24ClF3N4O. The zero-order valence-electron chi connectivity index (χ0n) is 17.2. The Morgan fingerprint density at radius 2 is 1.93 bits per heavy atom. The summed E-state index contributed by atoms with van der Waals surface area (Å²) >= 11 is 6.29. The van der Waals surface area contributed by atoms with Crippen molar-refractivity contribution in [2.45, 2.75) is 64.7 Å². The van der Waals surface area contributed by atoms with Crippen molar-refractivity contribution in [3.8, 4) is 0 Å². The number of hydrogen-bond acceptors (Lipinski definition) is 4. The quantitative estimate of drug-likeness (QED) is 0.609. The standard InChI is InChI=1S/C21H24ClF3N4O/c1-11-14(6-5-7-16(11)21(23,24)25)12(2)26-19-15(18(22)27-13(3)28-19)10-17(30)29-20(4)8-9-20/h5-7,12H,8-10H2,1-4H3,(H,29,30)(H,26,27,28). The molecule has 1 aromatic carbocycles. The monoisotopic (exact) mass is 440 g/mol. The van der Waals surface area contributed by atoms with E-state index in [2.05, 4.69) is 20.6 Å². The van der Waals surface area contributed by atoms with Crippen LogP contribution in [0.2, 0.25) is 5.15 Å². The first-order valence-corrected chi connectivity index (χ1v) is 10.0. The molecule has 1 aromatic heterocycles. The summed E-state index contributed by atoms with van der Waals surface area (Å²) in [5.74, 6) is 0.539. The topological polar surface area (TPSA) is 66.9 Å². The maximum Gasteiger partial charge on any atom is 0.416 e. The van der Waals surface area contributed by atoms with Crippen LogP contribution in [0.25, 0.3) is 0 Å². The third-order valence-corrected chi connectivity index (χ3v) is 5.66. The number of hydrogen-bond donors (Lipinski definition) is 2. The third-order valence-electron chi connectivity index (χ3n) is 5.35. The van der Waals surface area contributed by atoms with E-state index in [1.807, 2.05) is 6.92 Å². The molecule has 1 fully saturated rings. The summed E-state index contributed by atoms with van der Waals surface area (Å²) in [5, 5.41) is 6.24. The van der Waals surface area contributed by atoms with Crippen molar-refractivity contribution < 1.29 is 18.0 Å². The van der Waals surface area contributed by atoms with E-state index in [0.717, 1.165) is 18.9 Å². The number of alkyl halides is 3. The molecule has 1 heterocycles. The molecule has 0 saturated heterocycles. The van der Waals surface area contributed by atoms with E-state index in [9.17, 15) is 18.0 Å². The predicted octanol–water partition coefficient (Wildman–Crippen LogP) is 5.15. The van der Waals surface area contributed by atoms with Crippen molar-refractivity contribution in [3.05, 3.63) is 51.4 Å². The molecule has 30 heavy (non-hydrogen) atoms. The summed E-state index contributed by atoms with van der Waals surface area (Å²) in [6.45, 7) is 6.81. The molecule has 0 spiro atoms. The molecule has 162 valence electrons. The van der Waals surface area contributed by atoms with Gasteiger partial charge in [-0.15, -0.1) is 0 Å². The van der Waals surface area contributed by atoms with Gasteiger partial charge in [-0.1, -0.05) is 23.7 Å². The van der Waals surface area contributed by atoms with Crippen LogP contribution in [0.15, 0.2) is 18.2 Å². The van der Waals surface area contributed by atoms with Crippen molar-refractivity contribution in [1.82, 2.24) is 15.3 Å². The number of aromatic nitrogens is 2. The highest BCUT2D eigenvalue weighted by atomic mass is 35.5. The van der Waals surface area contributed by atoms with E-state index in [0.29, 0.717) is 22.8 Å². The first-order valence-electron chi connectivity index (χ1n) is 9.67. The molecule has 1 aliphatic rings. The lowest BCUT2D eigenvalue weighted by Gasteiger charge is -2.22. The van der Waals surface area contributed by atoms with Gasteiger partial charge in [0, 0.05) is 11.1 Å². The Hall–Kier alpha value is -2.35. The summed E-state index contributed by atoms with van der Waals surface area (Å²) < 4.78 is 39.8. The van der Waals surface area contributed by atoms with Gasteiger partial charge in [0.05, 0.1) is 18.0 Å². The third kappa shape index (κ3) is 5.03. The lowest BCUT2D eigenvalue weighted by Crippen LogP contribution is -2.35. The molecular weight excluding hydrogens is 417 g/mol. The molecule has 1 saturated carbocycles. The maximum atomic E-state index is 13.3. The van der Waals surface area contributed by atoms with Gasteiger partial charge >= 0.3 is 6.18 Å². The average molecular weight is 441 g/mol. The smallest absolute Gasteiger partial charge is 0.363 e. The molecule has 0 aliphatic heterocycles. The van der Waals surface area contributed by atoms with E-state index in [-0.39, 0.29) is 28.6 Å². The Balaban J connectivity index is 1.88. The molecule has 9 heteroatoms. The minimum absolute atomic E-state index is 0.0225. The lowest BCUT2D eigenvalue weighted by atomic mass is 9.97. The number of aryl methyl sites for hydroxylation is 1. The first kappa shape index (κ1) is 22.3. The molecule has 1 aliphatic carbocycles. The van der Waals surface area contributed by atoms with Crippen molar-refractivity contribution in [2.75, 3.05) is 5.32 Å². The zero-order chi connectivity index (χ0) is 22.3. The number of halogens is 4. The molecule has 1 atom stereocenters. The van der Waals surface area contributed by atoms with Gasteiger partial charge in [0.15, 0.2) is 0 Å². The highest BCUT2D eigenvalue weighted by Crippen LogP contribution is 2.36. The number of benzene rings is 1. The minimum Gasteiger partial charge on any atom is -0.363 e. The van der Waals surface area contributed by atoms with E-state index in [1.165, 1.54) is 13.0 Å². The molecule has 2 aromatic rings. The Bertz CT molecular complexity index is 973. The van der Waals surface area contributed by atoms with Crippen molar-refractivity contribution >= 4 is 23.3 Å². The summed E-state index contributed by atoms with van der Waals surface area (Å²) in [6.07, 6.45) is -2.61. The van der Waals surface area contributed by atoms with E-state index in [1.54, 1.807) is 19.9 Å². The van der Waals surface area contributed by atoms with Gasteiger partial charge in [-0.2, -0.15) is 13.2 Å². The summed E-state index contributed by atoms with van der Waals surface area (Å²) in [5.41, 5.74) is 0.190. The van der Waals surface area contributed by atoms with Crippen LogP contribution in [-0.2, 0) is 17.4 Å². The number of nitrogens with one attached hydrogen (secondary N) is 2. The zero-order valence-corrected chi connectivity index (χ0v) is 18.0. The van der Waals surface area contributed by atoms with Crippen LogP contribution >= 0.6 is 11.6 Å². The Kier molecular flexibility index (Phi) is 6.00. The number of carbonyl (C=O) groups excluding carboxylic acids is 1. The van der Waals surface area contributed by atoms with Crippen LogP contribution in [-0.4, -0.2) is 21.4 Å². The van der Waals surface area contributed by atoms with Gasteiger partial charge in [0.1, 0.15) is 16.8 Å². The van der Waals surface area contributed by atoms with E-state index < -0.39 is 17.8 Å². The summed E-state index contributed by atoms with van der Waals surface area (Å²) in [6, 6.07) is 3.58. The number of anilines is 1. The molecule has 1 unspecified atom stereocenters. The molecule has 1 amide bonds. The summed E-state index contributed by atoms with van der Waals surface area (Å²) in [7, 11) is 0. The largest absolute Gasteiger partial charge is 0.416 e. The second-order valence-corrected chi connectivity index (χ2v) is 8.42. The van der Waals surface area contributed by atoms with Gasteiger partial charge in [-0.25, -0.2) is 9.97 Å². The highest BCUT2D eigenvalue weighted by molar-refractivity contribution is 6.30. The van der Waals surface area contributed by atoms with E-state index >= 15 is 0 Å². The van der Waals surface area contributed by atoms with Gasteiger partial charge in [-0.05, 0) is 57.7 Å². The van der Waals surface area contributed by atoms with Crippen LogP contribution in [0.4, 0.5) is 19.0 Å². The second kappa shape index (κ2) is 8.06. The van der Waals surface area contributed by atoms with Crippen molar-refractivity contribution in [1.29, 1.82) is 0 Å². The van der Waals surface area contributed by atoms with Gasteiger partial charge < -0.3 is 10.6 Å².